The van der Waals surface area contributed by atoms with Crippen LogP contribution in [0.2, 0.25) is 5.02 Å². The first-order valence-corrected chi connectivity index (χ1v) is 7.46. The van der Waals surface area contributed by atoms with E-state index in [1.165, 1.54) is 0 Å². The molecule has 21 heavy (non-hydrogen) atoms. The minimum absolute atomic E-state index is 0.00604. The Hall–Kier alpha value is -1.42. The van der Waals surface area contributed by atoms with Gasteiger partial charge in [0.05, 0.1) is 6.42 Å². The van der Waals surface area contributed by atoms with Crippen LogP contribution in [0.1, 0.15) is 51.2 Å². The highest BCUT2D eigenvalue weighted by Crippen LogP contribution is 2.48. The standard InChI is InChI=1S/C16H21ClO4/c1-9(2)13-14(16(3,4)8-12(18)19)10(17)7-11-15(13)21-6-5-20-11/h7,9H,5-6,8H2,1-4H3,(H,18,19). The van der Waals surface area contributed by atoms with Crippen molar-refractivity contribution in [1.82, 2.24) is 0 Å². The van der Waals surface area contributed by atoms with Crippen LogP contribution in [-0.4, -0.2) is 24.3 Å². The van der Waals surface area contributed by atoms with E-state index in [4.69, 9.17) is 21.1 Å². The molecule has 1 aromatic rings. The second-order valence-electron chi connectivity index (χ2n) is 6.28. The van der Waals surface area contributed by atoms with Crippen molar-refractivity contribution in [3.05, 3.63) is 22.2 Å². The van der Waals surface area contributed by atoms with Gasteiger partial charge in [0.15, 0.2) is 11.5 Å². The van der Waals surface area contributed by atoms with E-state index in [2.05, 4.69) is 0 Å². The molecule has 1 aliphatic heterocycles. The Morgan fingerprint density at radius 1 is 1.38 bits per heavy atom. The van der Waals surface area contributed by atoms with Crippen LogP contribution in [-0.2, 0) is 10.2 Å². The van der Waals surface area contributed by atoms with Gasteiger partial charge in [0, 0.05) is 22.1 Å². The zero-order valence-corrected chi connectivity index (χ0v) is 13.6. The van der Waals surface area contributed by atoms with Crippen LogP contribution in [0.15, 0.2) is 6.07 Å². The van der Waals surface area contributed by atoms with Crippen molar-refractivity contribution >= 4 is 17.6 Å². The number of rotatable bonds is 4. The van der Waals surface area contributed by atoms with Crippen LogP contribution in [0.25, 0.3) is 0 Å². The first-order valence-electron chi connectivity index (χ1n) is 7.08. The molecule has 0 aromatic heterocycles. The second kappa shape index (κ2) is 5.76. The van der Waals surface area contributed by atoms with Crippen LogP contribution in [0.4, 0.5) is 0 Å². The topological polar surface area (TPSA) is 55.8 Å². The molecule has 1 aromatic carbocycles. The average Bonchev–Trinajstić information content (AvgIpc) is 2.34. The monoisotopic (exact) mass is 312 g/mol. The Morgan fingerprint density at radius 2 is 2.00 bits per heavy atom. The summed E-state index contributed by atoms with van der Waals surface area (Å²) >= 11 is 6.45. The molecule has 0 atom stereocenters. The summed E-state index contributed by atoms with van der Waals surface area (Å²) in [6.45, 7) is 8.87. The molecule has 0 aliphatic carbocycles. The third-order valence-corrected chi connectivity index (χ3v) is 3.97. The van der Waals surface area contributed by atoms with Gasteiger partial charge in [-0.15, -0.1) is 0 Å². The van der Waals surface area contributed by atoms with Crippen LogP contribution < -0.4 is 9.47 Å². The van der Waals surface area contributed by atoms with E-state index in [9.17, 15) is 9.90 Å². The Kier molecular flexibility index (Phi) is 4.38. The van der Waals surface area contributed by atoms with E-state index in [0.717, 1.165) is 11.1 Å². The normalized spacial score (nSPS) is 14.4. The third-order valence-electron chi connectivity index (χ3n) is 3.67. The molecule has 0 unspecified atom stereocenters. The number of carboxylic acids is 1. The summed E-state index contributed by atoms with van der Waals surface area (Å²) in [6.07, 6.45) is 0.00604. The number of hydrogen-bond acceptors (Lipinski definition) is 3. The quantitative estimate of drug-likeness (QED) is 0.913. The van der Waals surface area contributed by atoms with Gasteiger partial charge in [-0.25, -0.2) is 0 Å². The lowest BCUT2D eigenvalue weighted by Crippen LogP contribution is -2.26. The van der Waals surface area contributed by atoms with E-state index < -0.39 is 11.4 Å². The highest BCUT2D eigenvalue weighted by Gasteiger charge is 2.34. The zero-order valence-electron chi connectivity index (χ0n) is 12.8. The van der Waals surface area contributed by atoms with Gasteiger partial charge in [-0.3, -0.25) is 4.79 Å². The van der Waals surface area contributed by atoms with Gasteiger partial charge in [0.25, 0.3) is 0 Å². The Morgan fingerprint density at radius 3 is 2.57 bits per heavy atom. The van der Waals surface area contributed by atoms with Crippen molar-refractivity contribution in [3.63, 3.8) is 0 Å². The van der Waals surface area contributed by atoms with E-state index in [1.54, 1.807) is 6.07 Å². The van der Waals surface area contributed by atoms with Crippen LogP contribution in [0.5, 0.6) is 11.5 Å². The maximum Gasteiger partial charge on any atom is 0.304 e. The van der Waals surface area contributed by atoms with Crippen molar-refractivity contribution in [2.75, 3.05) is 13.2 Å². The molecule has 0 saturated heterocycles. The number of carbonyl (C=O) groups is 1. The van der Waals surface area contributed by atoms with E-state index in [-0.39, 0.29) is 12.3 Å². The van der Waals surface area contributed by atoms with Gasteiger partial charge in [0.2, 0.25) is 0 Å². The second-order valence-corrected chi connectivity index (χ2v) is 6.69. The SMILES string of the molecule is CC(C)c1c2c(cc(Cl)c1C(C)(C)CC(=O)O)OCCO2. The first kappa shape index (κ1) is 16.0. The molecule has 0 spiro atoms. The lowest BCUT2D eigenvalue weighted by atomic mass is 9.76. The molecule has 1 aliphatic rings. The number of ether oxygens (including phenoxy) is 2. The smallest absolute Gasteiger partial charge is 0.304 e. The summed E-state index contributed by atoms with van der Waals surface area (Å²) in [5, 5.41) is 9.71. The Labute approximate surface area is 130 Å². The van der Waals surface area contributed by atoms with Crippen molar-refractivity contribution in [1.29, 1.82) is 0 Å². The Bertz CT molecular complexity index is 564. The van der Waals surface area contributed by atoms with E-state index in [0.29, 0.717) is 29.7 Å². The van der Waals surface area contributed by atoms with Crippen molar-refractivity contribution in [2.24, 2.45) is 0 Å². The molecule has 5 heteroatoms. The minimum atomic E-state index is -0.847. The van der Waals surface area contributed by atoms with Gasteiger partial charge in [-0.1, -0.05) is 39.3 Å². The molecule has 116 valence electrons. The zero-order chi connectivity index (χ0) is 15.8. The summed E-state index contributed by atoms with van der Waals surface area (Å²) in [6, 6.07) is 1.74. The van der Waals surface area contributed by atoms with Crippen molar-refractivity contribution in [3.8, 4) is 11.5 Å². The summed E-state index contributed by atoms with van der Waals surface area (Å²) in [5.41, 5.74) is 1.20. The molecule has 0 amide bonds. The highest BCUT2D eigenvalue weighted by atomic mass is 35.5. The molecule has 2 rings (SSSR count). The van der Waals surface area contributed by atoms with E-state index in [1.807, 2.05) is 27.7 Å². The van der Waals surface area contributed by atoms with Gasteiger partial charge in [-0.05, 0) is 11.5 Å². The van der Waals surface area contributed by atoms with Crippen molar-refractivity contribution < 1.29 is 19.4 Å². The van der Waals surface area contributed by atoms with Crippen LogP contribution in [0, 0.1) is 0 Å². The lowest BCUT2D eigenvalue weighted by Gasteiger charge is -2.32. The van der Waals surface area contributed by atoms with Gasteiger partial charge in [-0.2, -0.15) is 0 Å². The maximum atomic E-state index is 11.2. The molecule has 0 saturated carbocycles. The molecular weight excluding hydrogens is 292 g/mol. The number of aliphatic carboxylic acids is 1. The summed E-state index contributed by atoms with van der Waals surface area (Å²) in [4.78, 5) is 11.2. The number of hydrogen-bond donors (Lipinski definition) is 1. The fourth-order valence-electron chi connectivity index (χ4n) is 2.88. The molecule has 4 nitrogen and oxygen atoms in total. The predicted octanol–water partition coefficient (Wildman–Crippen LogP) is 3.99. The first-order chi connectivity index (χ1) is 9.74. The number of carboxylic acid groups (broad SMARTS) is 1. The van der Waals surface area contributed by atoms with Gasteiger partial charge < -0.3 is 14.6 Å². The predicted molar refractivity (Wildman–Crippen MR) is 81.8 cm³/mol. The summed E-state index contributed by atoms with van der Waals surface area (Å²) < 4.78 is 11.4. The number of benzene rings is 1. The molecule has 0 fully saturated rings. The number of fused-ring (bicyclic) bond motifs is 1. The fourth-order valence-corrected chi connectivity index (χ4v) is 3.34. The van der Waals surface area contributed by atoms with Gasteiger partial charge in [0.1, 0.15) is 13.2 Å². The van der Waals surface area contributed by atoms with E-state index >= 15 is 0 Å². The Balaban J connectivity index is 2.67. The van der Waals surface area contributed by atoms with Crippen LogP contribution >= 0.6 is 11.6 Å². The highest BCUT2D eigenvalue weighted by molar-refractivity contribution is 6.32. The fraction of sp³-hybridized carbons (Fsp3) is 0.562. The summed E-state index contributed by atoms with van der Waals surface area (Å²) in [7, 11) is 0. The minimum Gasteiger partial charge on any atom is -0.486 e. The maximum absolute atomic E-state index is 11.2. The number of halogens is 1. The third kappa shape index (κ3) is 3.10. The molecule has 1 N–H and O–H groups in total. The van der Waals surface area contributed by atoms with Crippen LogP contribution in [0.3, 0.4) is 0 Å². The lowest BCUT2D eigenvalue weighted by molar-refractivity contribution is -0.138. The molecule has 0 radical (unpaired) electrons. The molecule has 0 bridgehead atoms. The van der Waals surface area contributed by atoms with Crippen molar-refractivity contribution in [2.45, 2.75) is 45.4 Å². The molecule has 1 heterocycles. The average molecular weight is 313 g/mol. The molecular formula is C16H21ClO4. The van der Waals surface area contributed by atoms with Gasteiger partial charge >= 0.3 is 5.97 Å². The summed E-state index contributed by atoms with van der Waals surface area (Å²) in [5.74, 6) is 0.654. The largest absolute Gasteiger partial charge is 0.486 e.